The molecule has 3 aromatic carbocycles. The van der Waals surface area contributed by atoms with Crippen molar-refractivity contribution in [2.24, 2.45) is 0 Å². The van der Waals surface area contributed by atoms with Crippen molar-refractivity contribution in [3.05, 3.63) is 92.9 Å². The minimum absolute atomic E-state index is 0.0325. The van der Waals surface area contributed by atoms with Crippen molar-refractivity contribution in [2.75, 3.05) is 43.5 Å². The number of carbonyl (C=O) groups is 2. The van der Waals surface area contributed by atoms with Crippen LogP contribution in [0.4, 0.5) is 11.4 Å². The fraction of sp³-hybridized carbons (Fsp3) is 0.185. The summed E-state index contributed by atoms with van der Waals surface area (Å²) in [5, 5.41) is 4.12. The van der Waals surface area contributed by atoms with Gasteiger partial charge in [-0.3, -0.25) is 9.59 Å². The van der Waals surface area contributed by atoms with Gasteiger partial charge >= 0.3 is 0 Å². The number of methoxy groups -OCH3 is 1. The summed E-state index contributed by atoms with van der Waals surface area (Å²) in [6.45, 7) is 2.53. The SMILES string of the molecule is COc1c(Cl)cc(Cl)cc1/C=C/C(=O)Nc1ccc(N2CCN(C(=O)c3ccccc3)CC2)c(Cl)c1. The molecule has 2 amide bonds. The van der Waals surface area contributed by atoms with E-state index in [1.165, 1.54) is 13.2 Å². The van der Waals surface area contributed by atoms with Crippen LogP contribution in [0, 0.1) is 0 Å². The fourth-order valence-electron chi connectivity index (χ4n) is 4.02. The molecule has 0 bridgehead atoms. The average Bonchev–Trinajstić information content (AvgIpc) is 2.87. The molecule has 186 valence electrons. The van der Waals surface area contributed by atoms with Crippen LogP contribution in [0.15, 0.2) is 66.7 Å². The third-order valence-electron chi connectivity index (χ3n) is 5.80. The van der Waals surface area contributed by atoms with Gasteiger partial charge in [-0.05, 0) is 48.5 Å². The van der Waals surface area contributed by atoms with E-state index in [-0.39, 0.29) is 11.8 Å². The minimum atomic E-state index is -0.343. The Bertz CT molecular complexity index is 1290. The molecule has 0 atom stereocenters. The van der Waals surface area contributed by atoms with Gasteiger partial charge in [0.15, 0.2) is 0 Å². The number of hydrogen-bond donors (Lipinski definition) is 1. The number of amides is 2. The summed E-state index contributed by atoms with van der Waals surface area (Å²) in [4.78, 5) is 29.1. The Morgan fingerprint density at radius 3 is 2.31 bits per heavy atom. The van der Waals surface area contributed by atoms with Crippen molar-refractivity contribution < 1.29 is 14.3 Å². The molecule has 0 aliphatic carbocycles. The van der Waals surface area contributed by atoms with E-state index in [4.69, 9.17) is 39.5 Å². The molecule has 3 aromatic rings. The molecule has 0 radical (unpaired) electrons. The highest BCUT2D eigenvalue weighted by molar-refractivity contribution is 6.36. The number of carbonyl (C=O) groups excluding carboxylic acids is 2. The van der Waals surface area contributed by atoms with Crippen LogP contribution in [0.3, 0.4) is 0 Å². The van der Waals surface area contributed by atoms with E-state index in [9.17, 15) is 9.59 Å². The minimum Gasteiger partial charge on any atom is -0.495 e. The highest BCUT2D eigenvalue weighted by Gasteiger charge is 2.23. The molecule has 1 aliphatic heterocycles. The molecule has 0 aromatic heterocycles. The first-order chi connectivity index (χ1) is 17.4. The monoisotopic (exact) mass is 543 g/mol. The molecule has 0 unspecified atom stereocenters. The molecule has 1 fully saturated rings. The first-order valence-electron chi connectivity index (χ1n) is 11.3. The summed E-state index contributed by atoms with van der Waals surface area (Å²) in [6.07, 6.45) is 2.95. The van der Waals surface area contributed by atoms with Crippen molar-refractivity contribution in [2.45, 2.75) is 0 Å². The van der Waals surface area contributed by atoms with E-state index in [1.54, 1.807) is 30.3 Å². The van der Waals surface area contributed by atoms with Crippen molar-refractivity contribution in [1.82, 2.24) is 4.90 Å². The van der Waals surface area contributed by atoms with E-state index >= 15 is 0 Å². The zero-order chi connectivity index (χ0) is 25.7. The molecule has 1 heterocycles. The van der Waals surface area contributed by atoms with Gasteiger partial charge in [-0.15, -0.1) is 0 Å². The quantitative estimate of drug-likeness (QED) is 0.372. The summed E-state index contributed by atoms with van der Waals surface area (Å²) in [5.41, 5.74) is 2.70. The number of ether oxygens (including phenoxy) is 1. The predicted octanol–water partition coefficient (Wildman–Crippen LogP) is 6.27. The first-order valence-corrected chi connectivity index (χ1v) is 12.4. The van der Waals surface area contributed by atoms with Crippen LogP contribution in [0.5, 0.6) is 5.75 Å². The number of hydrogen-bond acceptors (Lipinski definition) is 4. The van der Waals surface area contributed by atoms with Gasteiger partial charge < -0.3 is 19.9 Å². The Hall–Kier alpha value is -3.19. The number of anilines is 2. The number of halogens is 3. The van der Waals surface area contributed by atoms with Crippen LogP contribution in [-0.4, -0.2) is 50.0 Å². The van der Waals surface area contributed by atoms with Gasteiger partial charge in [-0.1, -0.05) is 53.0 Å². The zero-order valence-electron chi connectivity index (χ0n) is 19.5. The molecule has 1 saturated heterocycles. The zero-order valence-corrected chi connectivity index (χ0v) is 21.8. The van der Waals surface area contributed by atoms with Gasteiger partial charge in [0, 0.05) is 54.1 Å². The Labute approximate surface area is 225 Å². The lowest BCUT2D eigenvalue weighted by Crippen LogP contribution is -2.48. The topological polar surface area (TPSA) is 61.9 Å². The first kappa shape index (κ1) is 25.9. The second kappa shape index (κ2) is 11.7. The van der Waals surface area contributed by atoms with E-state index in [1.807, 2.05) is 41.3 Å². The fourth-order valence-corrected chi connectivity index (χ4v) is 4.91. The Morgan fingerprint density at radius 1 is 0.917 bits per heavy atom. The van der Waals surface area contributed by atoms with E-state index < -0.39 is 0 Å². The van der Waals surface area contributed by atoms with Crippen LogP contribution in [0.2, 0.25) is 15.1 Å². The number of nitrogens with zero attached hydrogens (tertiary/aromatic N) is 2. The number of nitrogens with one attached hydrogen (secondary N) is 1. The Morgan fingerprint density at radius 2 is 1.64 bits per heavy atom. The van der Waals surface area contributed by atoms with Crippen LogP contribution in [0.1, 0.15) is 15.9 Å². The maximum absolute atomic E-state index is 12.7. The van der Waals surface area contributed by atoms with Gasteiger partial charge in [0.25, 0.3) is 5.91 Å². The third-order valence-corrected chi connectivity index (χ3v) is 6.60. The van der Waals surface area contributed by atoms with Gasteiger partial charge in [-0.2, -0.15) is 0 Å². The Balaban J connectivity index is 1.37. The largest absolute Gasteiger partial charge is 0.495 e. The molecule has 0 spiro atoms. The smallest absolute Gasteiger partial charge is 0.253 e. The Kier molecular flexibility index (Phi) is 8.41. The van der Waals surface area contributed by atoms with Gasteiger partial charge in [0.1, 0.15) is 5.75 Å². The van der Waals surface area contributed by atoms with Gasteiger partial charge in [0.2, 0.25) is 5.91 Å². The third kappa shape index (κ3) is 6.13. The van der Waals surface area contributed by atoms with Crippen molar-refractivity contribution >= 4 is 64.1 Å². The maximum Gasteiger partial charge on any atom is 0.253 e. The summed E-state index contributed by atoms with van der Waals surface area (Å²) in [7, 11) is 1.50. The standard InChI is InChI=1S/C27H24Cl3N3O3/c1-36-26-19(15-20(28)16-23(26)30)7-10-25(34)31-21-8-9-24(22(29)17-21)32-11-13-33(14-12-32)27(35)18-5-3-2-4-6-18/h2-10,15-17H,11-14H2,1H3,(H,31,34)/b10-7+. The van der Waals surface area contributed by atoms with Crippen LogP contribution >= 0.6 is 34.8 Å². The summed E-state index contributed by atoms with van der Waals surface area (Å²) in [6, 6.07) is 17.9. The lowest BCUT2D eigenvalue weighted by molar-refractivity contribution is -0.111. The molecule has 1 N–H and O–H groups in total. The molecular formula is C27H24Cl3N3O3. The van der Waals surface area contributed by atoms with Gasteiger partial charge in [0.05, 0.1) is 22.8 Å². The molecule has 36 heavy (non-hydrogen) atoms. The summed E-state index contributed by atoms with van der Waals surface area (Å²) < 4.78 is 5.29. The van der Waals surface area contributed by atoms with Crippen LogP contribution in [0.25, 0.3) is 6.08 Å². The van der Waals surface area contributed by atoms with Crippen molar-refractivity contribution in [3.63, 3.8) is 0 Å². The summed E-state index contributed by atoms with van der Waals surface area (Å²) in [5.74, 6) is 0.123. The van der Waals surface area contributed by atoms with Gasteiger partial charge in [-0.25, -0.2) is 0 Å². The lowest BCUT2D eigenvalue weighted by Gasteiger charge is -2.36. The molecule has 9 heteroatoms. The van der Waals surface area contributed by atoms with Crippen LogP contribution < -0.4 is 15.0 Å². The molecule has 0 saturated carbocycles. The highest BCUT2D eigenvalue weighted by Crippen LogP contribution is 2.33. The normalized spacial score (nSPS) is 13.7. The predicted molar refractivity (Wildman–Crippen MR) is 147 cm³/mol. The van der Waals surface area contributed by atoms with Crippen molar-refractivity contribution in [3.8, 4) is 5.75 Å². The highest BCUT2D eigenvalue weighted by atomic mass is 35.5. The number of piperazine rings is 1. The van der Waals surface area contributed by atoms with E-state index in [0.29, 0.717) is 63.8 Å². The molecule has 1 aliphatic rings. The van der Waals surface area contributed by atoms with E-state index in [2.05, 4.69) is 10.2 Å². The number of benzene rings is 3. The lowest BCUT2D eigenvalue weighted by atomic mass is 10.1. The van der Waals surface area contributed by atoms with E-state index in [0.717, 1.165) is 5.69 Å². The molecule has 4 rings (SSSR count). The van der Waals surface area contributed by atoms with Crippen LogP contribution in [-0.2, 0) is 4.79 Å². The molecule has 6 nitrogen and oxygen atoms in total. The summed E-state index contributed by atoms with van der Waals surface area (Å²) >= 11 is 18.8. The average molecular weight is 545 g/mol. The van der Waals surface area contributed by atoms with Crippen molar-refractivity contribution in [1.29, 1.82) is 0 Å². The molecular weight excluding hydrogens is 521 g/mol. The second-order valence-electron chi connectivity index (χ2n) is 8.14. The number of rotatable bonds is 6. The second-order valence-corrected chi connectivity index (χ2v) is 9.39. The maximum atomic E-state index is 12.7.